The number of halogens is 2. The number of rotatable bonds is 6. The summed E-state index contributed by atoms with van der Waals surface area (Å²) in [5, 5.41) is 5.16. The summed E-state index contributed by atoms with van der Waals surface area (Å²) in [5.41, 5.74) is -0.602. The molecule has 134 valence electrons. The van der Waals surface area contributed by atoms with Crippen molar-refractivity contribution in [1.29, 1.82) is 0 Å². The summed E-state index contributed by atoms with van der Waals surface area (Å²) in [6.45, 7) is -1.67. The Labute approximate surface area is 142 Å². The van der Waals surface area contributed by atoms with Crippen LogP contribution in [0.3, 0.4) is 0 Å². The first-order valence-corrected chi connectivity index (χ1v) is 7.78. The maximum Gasteiger partial charge on any atom is 0.387 e. The Morgan fingerprint density at radius 3 is 2.56 bits per heavy atom. The van der Waals surface area contributed by atoms with Crippen molar-refractivity contribution in [2.45, 2.75) is 31.9 Å². The van der Waals surface area contributed by atoms with E-state index >= 15 is 0 Å². The van der Waals surface area contributed by atoms with Gasteiger partial charge in [0.25, 0.3) is 5.91 Å². The molecule has 0 bridgehead atoms. The number of ether oxygens (including phenoxy) is 1. The van der Waals surface area contributed by atoms with Crippen LogP contribution in [0, 0.1) is 5.92 Å². The number of carbonyl (C=O) groups is 3. The predicted molar refractivity (Wildman–Crippen MR) is 83.1 cm³/mol. The highest BCUT2D eigenvalue weighted by molar-refractivity contribution is 6.10. The van der Waals surface area contributed by atoms with Crippen LogP contribution in [0.4, 0.5) is 19.3 Å². The summed E-state index contributed by atoms with van der Waals surface area (Å²) in [5.74, 6) is -0.899. The largest absolute Gasteiger partial charge is 0.435 e. The van der Waals surface area contributed by atoms with Crippen LogP contribution >= 0.6 is 0 Å². The first kappa shape index (κ1) is 17.1. The number of nitrogens with one attached hydrogen (secondary N) is 2. The molecule has 1 saturated carbocycles. The molecule has 0 aromatic heterocycles. The highest BCUT2D eigenvalue weighted by Crippen LogP contribution is 2.42. The van der Waals surface area contributed by atoms with Crippen molar-refractivity contribution < 1.29 is 27.9 Å². The molecule has 2 aliphatic rings. The molecular formula is C16H17F2N3O4. The highest BCUT2D eigenvalue weighted by Gasteiger charge is 2.56. The molecule has 1 aromatic rings. The number of nitrogens with zero attached hydrogens (tertiary/aromatic N) is 1. The van der Waals surface area contributed by atoms with Gasteiger partial charge in [0, 0.05) is 5.69 Å². The monoisotopic (exact) mass is 353 g/mol. The second-order valence-electron chi connectivity index (χ2n) is 6.25. The zero-order valence-corrected chi connectivity index (χ0v) is 13.4. The number of urea groups is 1. The van der Waals surface area contributed by atoms with E-state index in [1.807, 2.05) is 0 Å². The molecule has 3 rings (SSSR count). The topological polar surface area (TPSA) is 87.7 Å². The average molecular weight is 353 g/mol. The van der Waals surface area contributed by atoms with E-state index in [1.54, 1.807) is 6.92 Å². The van der Waals surface area contributed by atoms with E-state index in [4.69, 9.17) is 0 Å². The van der Waals surface area contributed by atoms with Crippen molar-refractivity contribution in [3.63, 3.8) is 0 Å². The molecule has 2 fully saturated rings. The standard InChI is InChI=1S/C16H17F2N3O4/c1-16(9-2-3-9)13(23)21(15(24)20-16)8-12(22)19-10-4-6-11(7-5-10)25-14(17)18/h4-7,9,14H,2-3,8H2,1H3,(H,19,22)(H,20,24)/t16-/m1/s1. The summed E-state index contributed by atoms with van der Waals surface area (Å²) in [7, 11) is 0. The molecule has 0 unspecified atom stereocenters. The van der Waals surface area contributed by atoms with Crippen LogP contribution < -0.4 is 15.4 Å². The third kappa shape index (κ3) is 3.54. The average Bonchev–Trinajstić information content (AvgIpc) is 3.35. The van der Waals surface area contributed by atoms with Crippen molar-refractivity contribution in [2.75, 3.05) is 11.9 Å². The maximum atomic E-state index is 12.4. The molecule has 2 N–H and O–H groups in total. The van der Waals surface area contributed by atoms with Gasteiger partial charge in [0.2, 0.25) is 5.91 Å². The number of hydrogen-bond acceptors (Lipinski definition) is 4. The third-order valence-corrected chi connectivity index (χ3v) is 4.36. The number of imide groups is 1. The van der Waals surface area contributed by atoms with Crippen molar-refractivity contribution in [3.8, 4) is 5.75 Å². The molecule has 7 nitrogen and oxygen atoms in total. The lowest BCUT2D eigenvalue weighted by Crippen LogP contribution is -2.46. The molecule has 4 amide bonds. The van der Waals surface area contributed by atoms with Gasteiger partial charge in [0.05, 0.1) is 0 Å². The Hall–Kier alpha value is -2.71. The quantitative estimate of drug-likeness (QED) is 0.765. The molecule has 1 saturated heterocycles. The van der Waals surface area contributed by atoms with Gasteiger partial charge in [-0.2, -0.15) is 8.78 Å². The van der Waals surface area contributed by atoms with E-state index in [-0.39, 0.29) is 11.7 Å². The summed E-state index contributed by atoms with van der Waals surface area (Å²) >= 11 is 0. The van der Waals surface area contributed by atoms with Gasteiger partial charge in [-0.25, -0.2) is 4.79 Å². The molecule has 1 atom stereocenters. The Kier molecular flexibility index (Phi) is 4.32. The minimum absolute atomic E-state index is 0.0395. The maximum absolute atomic E-state index is 12.4. The zero-order chi connectivity index (χ0) is 18.2. The summed E-state index contributed by atoms with van der Waals surface area (Å²) in [4.78, 5) is 37.4. The number of benzene rings is 1. The molecule has 1 aliphatic heterocycles. The molecule has 1 heterocycles. The molecular weight excluding hydrogens is 336 g/mol. The Balaban J connectivity index is 1.59. The smallest absolute Gasteiger partial charge is 0.387 e. The van der Waals surface area contributed by atoms with Gasteiger partial charge < -0.3 is 15.4 Å². The van der Waals surface area contributed by atoms with Crippen LogP contribution in [0.15, 0.2) is 24.3 Å². The molecule has 0 spiro atoms. The lowest BCUT2D eigenvalue weighted by molar-refractivity contribution is -0.134. The lowest BCUT2D eigenvalue weighted by Gasteiger charge is -2.20. The van der Waals surface area contributed by atoms with Crippen LogP contribution in [-0.4, -0.2) is 41.4 Å². The van der Waals surface area contributed by atoms with Gasteiger partial charge in [-0.1, -0.05) is 0 Å². The van der Waals surface area contributed by atoms with Crippen LogP contribution in [0.1, 0.15) is 19.8 Å². The summed E-state index contributed by atoms with van der Waals surface area (Å²) in [6, 6.07) is 4.74. The Morgan fingerprint density at radius 1 is 1.36 bits per heavy atom. The Bertz CT molecular complexity index is 706. The van der Waals surface area contributed by atoms with Gasteiger partial charge in [-0.05, 0) is 49.9 Å². The third-order valence-electron chi connectivity index (χ3n) is 4.36. The van der Waals surface area contributed by atoms with Crippen LogP contribution in [0.5, 0.6) is 5.75 Å². The van der Waals surface area contributed by atoms with E-state index in [2.05, 4.69) is 15.4 Å². The highest BCUT2D eigenvalue weighted by atomic mass is 19.3. The fourth-order valence-corrected chi connectivity index (χ4v) is 2.86. The zero-order valence-electron chi connectivity index (χ0n) is 13.4. The van der Waals surface area contributed by atoms with Gasteiger partial charge >= 0.3 is 12.6 Å². The van der Waals surface area contributed by atoms with Gasteiger partial charge in [0.15, 0.2) is 0 Å². The van der Waals surface area contributed by atoms with Gasteiger partial charge in [0.1, 0.15) is 17.8 Å². The van der Waals surface area contributed by atoms with Gasteiger partial charge in [-0.3, -0.25) is 14.5 Å². The number of carbonyl (C=O) groups excluding carboxylic acids is 3. The number of alkyl halides is 2. The number of anilines is 1. The molecule has 1 aromatic carbocycles. The van der Waals surface area contributed by atoms with Crippen LogP contribution in [0.25, 0.3) is 0 Å². The second-order valence-corrected chi connectivity index (χ2v) is 6.25. The first-order chi connectivity index (χ1) is 11.8. The fourth-order valence-electron chi connectivity index (χ4n) is 2.86. The van der Waals surface area contributed by atoms with E-state index in [0.29, 0.717) is 5.69 Å². The van der Waals surface area contributed by atoms with E-state index < -0.39 is 36.5 Å². The minimum atomic E-state index is -2.93. The first-order valence-electron chi connectivity index (χ1n) is 7.78. The van der Waals surface area contributed by atoms with E-state index in [9.17, 15) is 23.2 Å². The normalized spacial score (nSPS) is 23.0. The second kappa shape index (κ2) is 6.30. The molecule has 0 radical (unpaired) electrons. The van der Waals surface area contributed by atoms with Crippen LogP contribution in [0.2, 0.25) is 0 Å². The van der Waals surface area contributed by atoms with Crippen molar-refractivity contribution >= 4 is 23.5 Å². The SMILES string of the molecule is C[C@]1(C2CC2)NC(=O)N(CC(=O)Nc2ccc(OC(F)F)cc2)C1=O. The molecule has 1 aliphatic carbocycles. The van der Waals surface area contributed by atoms with Crippen molar-refractivity contribution in [3.05, 3.63) is 24.3 Å². The van der Waals surface area contributed by atoms with Gasteiger partial charge in [-0.15, -0.1) is 0 Å². The van der Waals surface area contributed by atoms with Crippen LogP contribution in [-0.2, 0) is 9.59 Å². The summed E-state index contributed by atoms with van der Waals surface area (Å²) < 4.78 is 28.4. The summed E-state index contributed by atoms with van der Waals surface area (Å²) in [6.07, 6.45) is 1.74. The predicted octanol–water partition coefficient (Wildman–Crippen LogP) is 1.95. The minimum Gasteiger partial charge on any atom is -0.435 e. The van der Waals surface area contributed by atoms with E-state index in [0.717, 1.165) is 17.7 Å². The molecule has 9 heteroatoms. The van der Waals surface area contributed by atoms with Crippen molar-refractivity contribution in [2.24, 2.45) is 5.92 Å². The fraction of sp³-hybridized carbons (Fsp3) is 0.438. The number of hydrogen-bond donors (Lipinski definition) is 2. The Morgan fingerprint density at radius 2 is 2.00 bits per heavy atom. The molecule has 25 heavy (non-hydrogen) atoms. The van der Waals surface area contributed by atoms with E-state index in [1.165, 1.54) is 24.3 Å². The lowest BCUT2D eigenvalue weighted by atomic mass is 9.96. The van der Waals surface area contributed by atoms with Crippen molar-refractivity contribution in [1.82, 2.24) is 10.2 Å². The number of amides is 4.